The topological polar surface area (TPSA) is 144 Å². The Labute approximate surface area is 238 Å². The average molecular weight is 579 g/mol. The van der Waals surface area contributed by atoms with Crippen molar-refractivity contribution in [3.8, 4) is 40.0 Å². The number of carbonyl (C=O) groups excluding carboxylic acids is 2. The number of fused-ring (bicyclic) bond motifs is 1. The number of benzene rings is 2. The highest BCUT2D eigenvalue weighted by Gasteiger charge is 2.29. The van der Waals surface area contributed by atoms with Crippen LogP contribution in [0.4, 0.5) is 24.7 Å². The summed E-state index contributed by atoms with van der Waals surface area (Å²) >= 11 is 0. The molecule has 2 amide bonds. The zero-order chi connectivity index (χ0) is 30.8. The van der Waals surface area contributed by atoms with Crippen LogP contribution in [0.3, 0.4) is 0 Å². The van der Waals surface area contributed by atoms with Crippen LogP contribution in [-0.4, -0.2) is 48.3 Å². The first-order chi connectivity index (χ1) is 19.9. The molecular weight excluding hydrogens is 553 g/mol. The van der Waals surface area contributed by atoms with Crippen molar-refractivity contribution in [2.75, 3.05) is 31.8 Å². The summed E-state index contributed by atoms with van der Waals surface area (Å²) in [6.45, 7) is 1.94. The Hall–Kier alpha value is -5.51. The first-order valence-corrected chi connectivity index (χ1v) is 12.3. The molecule has 0 aliphatic carbocycles. The number of alkyl halides is 3. The number of nitrogens with two attached hydrogens (primary N) is 1. The Morgan fingerprint density at radius 3 is 2.50 bits per heavy atom. The summed E-state index contributed by atoms with van der Waals surface area (Å²) in [6, 6.07) is 11.5. The van der Waals surface area contributed by atoms with Gasteiger partial charge in [-0.25, -0.2) is 4.98 Å². The predicted molar refractivity (Wildman–Crippen MR) is 151 cm³/mol. The van der Waals surface area contributed by atoms with Crippen molar-refractivity contribution in [1.82, 2.24) is 14.9 Å². The van der Waals surface area contributed by atoms with E-state index in [-0.39, 0.29) is 22.7 Å². The zero-order valence-electron chi connectivity index (χ0n) is 22.7. The highest BCUT2D eigenvalue weighted by Crippen LogP contribution is 2.47. The molecule has 0 atom stereocenters. The van der Waals surface area contributed by atoms with Crippen LogP contribution in [0.2, 0.25) is 0 Å². The van der Waals surface area contributed by atoms with Crippen molar-refractivity contribution in [1.29, 1.82) is 5.26 Å². The fourth-order valence-electron chi connectivity index (χ4n) is 4.65. The Bertz CT molecular complexity index is 1770. The molecule has 2 aromatic carbocycles. The van der Waals surface area contributed by atoms with Crippen molar-refractivity contribution >= 4 is 34.2 Å². The molecule has 42 heavy (non-hydrogen) atoms. The lowest BCUT2D eigenvalue weighted by Crippen LogP contribution is -2.33. The standard InChI is InChI=1S/C29H25F3N6O4/c1-5-22(39)37-17-7-9-18(21(11-17)42-4)26-23(24-25(38(26)2)16(12-33)13-35-27(24)34)15-6-8-19(20(10-15)41-3)28(40)36-14-29(30,31)32/h5-11,13H,1,14H2,2-4H3,(H2,34,35)(H,36,40)(H,37,39). The molecule has 0 fully saturated rings. The number of aryl methyl sites for hydroxylation is 1. The predicted octanol–water partition coefficient (Wildman–Crippen LogP) is 4.79. The van der Waals surface area contributed by atoms with Gasteiger partial charge in [-0.15, -0.1) is 0 Å². The summed E-state index contributed by atoms with van der Waals surface area (Å²) in [7, 11) is 4.46. The third kappa shape index (κ3) is 5.55. The molecule has 13 heteroatoms. The van der Waals surface area contributed by atoms with Crippen molar-refractivity contribution in [3.63, 3.8) is 0 Å². The van der Waals surface area contributed by atoms with E-state index in [2.05, 4.69) is 22.9 Å². The number of hydrogen-bond donors (Lipinski definition) is 3. The van der Waals surface area contributed by atoms with Gasteiger partial charge < -0.3 is 30.4 Å². The van der Waals surface area contributed by atoms with Crippen LogP contribution >= 0.6 is 0 Å². The quantitative estimate of drug-likeness (QED) is 0.255. The number of anilines is 2. The largest absolute Gasteiger partial charge is 0.496 e. The van der Waals surface area contributed by atoms with Crippen LogP contribution in [0.25, 0.3) is 33.3 Å². The van der Waals surface area contributed by atoms with Gasteiger partial charge in [0.2, 0.25) is 5.91 Å². The van der Waals surface area contributed by atoms with Crippen molar-refractivity contribution in [2.24, 2.45) is 7.05 Å². The van der Waals surface area contributed by atoms with E-state index in [1.165, 1.54) is 38.6 Å². The molecule has 4 N–H and O–H groups in total. The SMILES string of the molecule is C=CC(=O)Nc1ccc(-c2c(-c3ccc(C(=O)NCC(F)(F)F)c(OC)c3)c3c(N)ncc(C#N)c3n2C)c(OC)c1. The van der Waals surface area contributed by atoms with E-state index in [1.54, 1.807) is 29.8 Å². The van der Waals surface area contributed by atoms with Gasteiger partial charge in [-0.05, 0) is 35.9 Å². The minimum Gasteiger partial charge on any atom is -0.496 e. The number of nitrogen functional groups attached to an aromatic ring is 1. The molecule has 0 aliphatic heterocycles. The number of carbonyl (C=O) groups is 2. The van der Waals surface area contributed by atoms with Gasteiger partial charge in [0.05, 0.1) is 41.9 Å². The Morgan fingerprint density at radius 2 is 1.88 bits per heavy atom. The molecule has 0 bridgehead atoms. The maximum atomic E-state index is 12.7. The molecule has 0 unspecified atom stereocenters. The number of rotatable bonds is 8. The smallest absolute Gasteiger partial charge is 0.405 e. The lowest BCUT2D eigenvalue weighted by atomic mass is 9.96. The van der Waals surface area contributed by atoms with Gasteiger partial charge in [0.25, 0.3) is 5.91 Å². The van der Waals surface area contributed by atoms with Crippen molar-refractivity contribution in [2.45, 2.75) is 6.18 Å². The van der Waals surface area contributed by atoms with Gasteiger partial charge in [-0.2, -0.15) is 18.4 Å². The molecule has 2 aromatic heterocycles. The number of aromatic nitrogens is 2. The van der Waals surface area contributed by atoms with Crippen LogP contribution < -0.4 is 25.8 Å². The highest BCUT2D eigenvalue weighted by atomic mass is 19.4. The third-order valence-electron chi connectivity index (χ3n) is 6.45. The van der Waals surface area contributed by atoms with Crippen LogP contribution in [0.1, 0.15) is 15.9 Å². The van der Waals surface area contributed by atoms with Gasteiger partial charge in [0, 0.05) is 36.1 Å². The maximum Gasteiger partial charge on any atom is 0.405 e. The first-order valence-electron chi connectivity index (χ1n) is 12.3. The second-order valence-corrected chi connectivity index (χ2v) is 9.00. The molecule has 2 heterocycles. The summed E-state index contributed by atoms with van der Waals surface area (Å²) < 4.78 is 50.9. The number of nitrogens with zero attached hydrogens (tertiary/aromatic N) is 3. The number of nitriles is 1. The molecule has 0 saturated carbocycles. The van der Waals surface area contributed by atoms with E-state index in [0.29, 0.717) is 44.7 Å². The maximum absolute atomic E-state index is 12.7. The normalized spacial score (nSPS) is 11.1. The minimum atomic E-state index is -4.59. The number of hydrogen-bond acceptors (Lipinski definition) is 7. The van der Waals surface area contributed by atoms with Gasteiger partial charge in [-0.1, -0.05) is 12.6 Å². The van der Waals surface area contributed by atoms with Crippen LogP contribution in [0.5, 0.6) is 11.5 Å². The molecule has 4 rings (SSSR count). The van der Waals surface area contributed by atoms with Gasteiger partial charge >= 0.3 is 6.18 Å². The summed E-state index contributed by atoms with van der Waals surface area (Å²) in [4.78, 5) is 28.6. The Morgan fingerprint density at radius 1 is 1.17 bits per heavy atom. The fourth-order valence-corrected chi connectivity index (χ4v) is 4.65. The van der Waals surface area contributed by atoms with E-state index in [4.69, 9.17) is 15.2 Å². The summed E-state index contributed by atoms with van der Waals surface area (Å²) in [5.41, 5.74) is 9.43. The lowest BCUT2D eigenvalue weighted by Gasteiger charge is -2.16. The van der Waals surface area contributed by atoms with Gasteiger partial charge in [0.15, 0.2) is 0 Å². The van der Waals surface area contributed by atoms with E-state index in [1.807, 2.05) is 5.32 Å². The molecule has 0 aliphatic rings. The van der Waals surface area contributed by atoms with Crippen LogP contribution in [-0.2, 0) is 11.8 Å². The molecule has 0 saturated heterocycles. The van der Waals surface area contributed by atoms with Gasteiger partial charge in [0.1, 0.15) is 29.9 Å². The van der Waals surface area contributed by atoms with E-state index >= 15 is 0 Å². The fraction of sp³-hybridized carbons (Fsp3) is 0.172. The number of pyridine rings is 1. The molecular formula is C29H25F3N6O4. The van der Waals surface area contributed by atoms with Crippen LogP contribution in [0.15, 0.2) is 55.3 Å². The number of methoxy groups -OCH3 is 2. The number of nitrogens with one attached hydrogen (secondary N) is 2. The van der Waals surface area contributed by atoms with Crippen LogP contribution in [0, 0.1) is 11.3 Å². The monoisotopic (exact) mass is 578 g/mol. The number of amides is 2. The summed E-state index contributed by atoms with van der Waals surface area (Å²) in [5.74, 6) is -0.905. The molecule has 4 aromatic rings. The average Bonchev–Trinajstić information content (AvgIpc) is 3.28. The highest BCUT2D eigenvalue weighted by molar-refractivity contribution is 6.12. The molecule has 0 spiro atoms. The van der Waals surface area contributed by atoms with E-state index in [9.17, 15) is 28.0 Å². The Balaban J connectivity index is 2.00. The summed E-state index contributed by atoms with van der Waals surface area (Å²) in [5, 5.41) is 14.8. The third-order valence-corrected chi connectivity index (χ3v) is 6.45. The molecule has 216 valence electrons. The zero-order valence-corrected chi connectivity index (χ0v) is 22.7. The molecule has 10 nitrogen and oxygen atoms in total. The second-order valence-electron chi connectivity index (χ2n) is 9.00. The first kappa shape index (κ1) is 29.5. The van der Waals surface area contributed by atoms with E-state index in [0.717, 1.165) is 6.08 Å². The molecule has 0 radical (unpaired) electrons. The van der Waals surface area contributed by atoms with Crippen molar-refractivity contribution < 1.29 is 32.2 Å². The van der Waals surface area contributed by atoms with E-state index < -0.39 is 24.5 Å². The minimum absolute atomic E-state index is 0.00699. The lowest BCUT2D eigenvalue weighted by molar-refractivity contribution is -0.123. The second kappa shape index (κ2) is 11.5. The summed E-state index contributed by atoms with van der Waals surface area (Å²) in [6.07, 6.45) is -2.11. The Kier molecular flexibility index (Phi) is 8.10. The number of ether oxygens (including phenoxy) is 2. The van der Waals surface area contributed by atoms with Crippen molar-refractivity contribution in [3.05, 3.63) is 66.4 Å². The number of halogens is 3. The van der Waals surface area contributed by atoms with Gasteiger partial charge in [-0.3, -0.25) is 9.59 Å².